The fraction of sp³-hybridized carbons (Fsp3) is 0.381. The Morgan fingerprint density at radius 2 is 1.66 bits per heavy atom. The summed E-state index contributed by atoms with van der Waals surface area (Å²) in [5.74, 6) is 0.340. The number of carbonyl (C=O) groups is 1. The minimum absolute atomic E-state index is 0.00925. The van der Waals surface area contributed by atoms with Gasteiger partial charge in [-0.15, -0.1) is 0 Å². The first-order valence-corrected chi connectivity index (χ1v) is 13.3. The lowest BCUT2D eigenvalue weighted by Crippen LogP contribution is -2.44. The van der Waals surface area contributed by atoms with E-state index < -0.39 is 36.7 Å². The number of anilines is 1. The smallest absolute Gasteiger partial charge is 0.221 e. The highest BCUT2D eigenvalue weighted by molar-refractivity contribution is 7.96. The number of hydrogen-bond acceptors (Lipinski definition) is 8. The van der Waals surface area contributed by atoms with E-state index >= 15 is 0 Å². The Kier molecular flexibility index (Phi) is 7.42. The summed E-state index contributed by atoms with van der Waals surface area (Å²) in [4.78, 5) is 11.2. The minimum Gasteiger partial charge on any atom is -0.497 e. The van der Waals surface area contributed by atoms with E-state index in [1.54, 1.807) is 31.4 Å². The van der Waals surface area contributed by atoms with Crippen LogP contribution in [0.25, 0.3) is 0 Å². The normalized spacial score (nSPS) is 19.9. The van der Waals surface area contributed by atoms with Gasteiger partial charge in [-0.1, -0.05) is 0 Å². The molecule has 0 unspecified atom stereocenters. The summed E-state index contributed by atoms with van der Waals surface area (Å²) in [7, 11) is -5.85. The zero-order valence-corrected chi connectivity index (χ0v) is 19.4. The van der Waals surface area contributed by atoms with Crippen LogP contribution in [0.4, 0.5) is 5.69 Å². The van der Waals surface area contributed by atoms with E-state index in [9.17, 15) is 21.6 Å². The third-order valence-electron chi connectivity index (χ3n) is 5.04. The second-order valence-electron chi connectivity index (χ2n) is 7.45. The standard InChI is InChI=1S/C21H26N2O7S2/c1-15(24)23-16-3-9-19(10-4-16)32(27,28)21-14-31(25,26)13-20(21)22-11-12-30-18-7-5-17(29-2)6-8-18/h3-10,20-22H,11-14H2,1-2H3,(H,23,24)/t20-,21-/m0/s1. The van der Waals surface area contributed by atoms with Crippen LogP contribution in [0.15, 0.2) is 53.4 Å². The van der Waals surface area contributed by atoms with Gasteiger partial charge in [0.05, 0.1) is 28.8 Å². The molecule has 11 heteroatoms. The lowest BCUT2D eigenvalue weighted by atomic mass is 10.2. The van der Waals surface area contributed by atoms with Crippen LogP contribution in [0, 0.1) is 0 Å². The third kappa shape index (κ3) is 5.99. The predicted octanol–water partition coefficient (Wildman–Crippen LogP) is 1.26. The van der Waals surface area contributed by atoms with Gasteiger partial charge in [0.2, 0.25) is 5.91 Å². The van der Waals surface area contributed by atoms with Gasteiger partial charge in [0.25, 0.3) is 0 Å². The molecule has 9 nitrogen and oxygen atoms in total. The van der Waals surface area contributed by atoms with Crippen LogP contribution in [0.5, 0.6) is 11.5 Å². The van der Waals surface area contributed by atoms with Crippen LogP contribution >= 0.6 is 0 Å². The molecule has 0 aliphatic carbocycles. The molecule has 1 saturated heterocycles. The Balaban J connectivity index is 1.65. The average molecular weight is 483 g/mol. The quantitative estimate of drug-likeness (QED) is 0.512. The van der Waals surface area contributed by atoms with Crippen molar-refractivity contribution in [2.45, 2.75) is 23.1 Å². The van der Waals surface area contributed by atoms with Crippen molar-refractivity contribution in [1.29, 1.82) is 0 Å². The number of amides is 1. The van der Waals surface area contributed by atoms with Gasteiger partial charge in [0.15, 0.2) is 19.7 Å². The predicted molar refractivity (Wildman–Crippen MR) is 121 cm³/mol. The van der Waals surface area contributed by atoms with E-state index in [2.05, 4.69) is 10.6 Å². The first-order valence-electron chi connectivity index (χ1n) is 9.93. The van der Waals surface area contributed by atoms with Crippen molar-refractivity contribution in [3.05, 3.63) is 48.5 Å². The van der Waals surface area contributed by atoms with E-state index in [0.29, 0.717) is 17.2 Å². The summed E-state index contributed by atoms with van der Waals surface area (Å²) in [6, 6.07) is 11.9. The maximum atomic E-state index is 13.1. The maximum Gasteiger partial charge on any atom is 0.221 e. The first kappa shape index (κ1) is 24.0. The number of benzene rings is 2. The van der Waals surface area contributed by atoms with Gasteiger partial charge in [-0.2, -0.15) is 0 Å². The number of carbonyl (C=O) groups excluding carboxylic acids is 1. The van der Waals surface area contributed by atoms with Gasteiger partial charge in [0.1, 0.15) is 18.1 Å². The molecule has 0 spiro atoms. The van der Waals surface area contributed by atoms with Gasteiger partial charge < -0.3 is 20.1 Å². The lowest BCUT2D eigenvalue weighted by molar-refractivity contribution is -0.114. The molecule has 32 heavy (non-hydrogen) atoms. The molecular weight excluding hydrogens is 456 g/mol. The summed E-state index contributed by atoms with van der Waals surface area (Å²) >= 11 is 0. The average Bonchev–Trinajstić information content (AvgIpc) is 3.07. The van der Waals surface area contributed by atoms with Gasteiger partial charge in [0, 0.05) is 25.2 Å². The fourth-order valence-electron chi connectivity index (χ4n) is 3.50. The van der Waals surface area contributed by atoms with Crippen LogP contribution < -0.4 is 20.1 Å². The van der Waals surface area contributed by atoms with Crippen molar-refractivity contribution < 1.29 is 31.1 Å². The Bertz CT molecular complexity index is 1150. The molecule has 0 aromatic heterocycles. The van der Waals surface area contributed by atoms with Crippen molar-refractivity contribution in [2.75, 3.05) is 37.1 Å². The highest BCUT2D eigenvalue weighted by Gasteiger charge is 2.45. The Hall–Kier alpha value is -2.63. The summed E-state index contributed by atoms with van der Waals surface area (Å²) in [5.41, 5.74) is 0.459. The Labute approximate surface area is 188 Å². The molecule has 1 fully saturated rings. The molecule has 1 aliphatic rings. The second kappa shape index (κ2) is 9.88. The van der Waals surface area contributed by atoms with Crippen molar-refractivity contribution in [3.63, 3.8) is 0 Å². The second-order valence-corrected chi connectivity index (χ2v) is 11.8. The van der Waals surface area contributed by atoms with Gasteiger partial charge in [-0.3, -0.25) is 4.79 Å². The SMILES string of the molecule is COc1ccc(OCCN[C@H]2CS(=O)(=O)C[C@@H]2S(=O)(=O)c2ccc(NC(C)=O)cc2)cc1. The molecule has 1 aliphatic heterocycles. The molecule has 0 bridgehead atoms. The van der Waals surface area contributed by atoms with E-state index in [-0.39, 0.29) is 29.7 Å². The molecule has 2 N–H and O–H groups in total. The molecule has 174 valence electrons. The number of rotatable bonds is 9. The van der Waals surface area contributed by atoms with Gasteiger partial charge in [-0.25, -0.2) is 16.8 Å². The van der Waals surface area contributed by atoms with Crippen molar-refractivity contribution >= 4 is 31.3 Å². The maximum absolute atomic E-state index is 13.1. The number of sulfone groups is 2. The largest absolute Gasteiger partial charge is 0.497 e. The van der Waals surface area contributed by atoms with E-state index in [0.717, 1.165) is 0 Å². The molecule has 1 amide bonds. The third-order valence-corrected chi connectivity index (χ3v) is 9.21. The van der Waals surface area contributed by atoms with Crippen LogP contribution in [0.1, 0.15) is 6.92 Å². The molecule has 2 atom stereocenters. The van der Waals surface area contributed by atoms with Gasteiger partial charge in [-0.05, 0) is 48.5 Å². The molecule has 0 saturated carbocycles. The highest BCUT2D eigenvalue weighted by atomic mass is 32.2. The summed E-state index contributed by atoms with van der Waals surface area (Å²) in [5, 5.41) is 4.48. The topological polar surface area (TPSA) is 128 Å². The minimum atomic E-state index is -3.91. The molecule has 1 heterocycles. The van der Waals surface area contributed by atoms with Gasteiger partial charge >= 0.3 is 0 Å². The monoisotopic (exact) mass is 482 g/mol. The highest BCUT2D eigenvalue weighted by Crippen LogP contribution is 2.27. The summed E-state index contributed by atoms with van der Waals surface area (Å²) in [6.07, 6.45) is 0. The molecular formula is C21H26N2O7S2. The fourth-order valence-corrected chi connectivity index (χ4v) is 8.22. The number of methoxy groups -OCH3 is 1. The molecule has 0 radical (unpaired) electrons. The van der Waals surface area contributed by atoms with E-state index in [4.69, 9.17) is 9.47 Å². The number of hydrogen-bond donors (Lipinski definition) is 2. The van der Waals surface area contributed by atoms with Crippen LogP contribution in [-0.2, 0) is 24.5 Å². The van der Waals surface area contributed by atoms with Crippen molar-refractivity contribution in [3.8, 4) is 11.5 Å². The van der Waals surface area contributed by atoms with E-state index in [1.807, 2.05) is 0 Å². The lowest BCUT2D eigenvalue weighted by Gasteiger charge is -2.20. The zero-order chi connectivity index (χ0) is 23.4. The van der Waals surface area contributed by atoms with Crippen molar-refractivity contribution in [1.82, 2.24) is 5.32 Å². The molecule has 3 rings (SSSR count). The molecule has 2 aromatic carbocycles. The molecule has 2 aromatic rings. The summed E-state index contributed by atoms with van der Waals surface area (Å²) < 4.78 is 61.4. The van der Waals surface area contributed by atoms with Crippen LogP contribution in [0.2, 0.25) is 0 Å². The van der Waals surface area contributed by atoms with Crippen molar-refractivity contribution in [2.24, 2.45) is 0 Å². The van der Waals surface area contributed by atoms with E-state index in [1.165, 1.54) is 31.2 Å². The van der Waals surface area contributed by atoms with Crippen LogP contribution in [0.3, 0.4) is 0 Å². The van der Waals surface area contributed by atoms with Crippen LogP contribution in [-0.4, -0.2) is 65.8 Å². The first-order chi connectivity index (χ1) is 15.1. The number of ether oxygens (including phenoxy) is 2. The number of nitrogens with one attached hydrogen (secondary N) is 2. The Morgan fingerprint density at radius 1 is 1.03 bits per heavy atom. The Morgan fingerprint density at radius 3 is 2.25 bits per heavy atom. The zero-order valence-electron chi connectivity index (χ0n) is 17.8. The summed E-state index contributed by atoms with van der Waals surface area (Å²) in [6.45, 7) is 1.86.